The van der Waals surface area contributed by atoms with E-state index in [0.29, 0.717) is 17.9 Å². The minimum Gasteiger partial charge on any atom is -0.326 e. The van der Waals surface area contributed by atoms with Gasteiger partial charge in [0.25, 0.3) is 0 Å². The van der Waals surface area contributed by atoms with E-state index in [4.69, 9.17) is 5.73 Å². The highest BCUT2D eigenvalue weighted by atomic mass is 32.2. The van der Waals surface area contributed by atoms with Gasteiger partial charge in [-0.3, -0.25) is 4.90 Å². The van der Waals surface area contributed by atoms with Gasteiger partial charge in [0.2, 0.25) is 0 Å². The zero-order valence-corrected chi connectivity index (χ0v) is 18.3. The van der Waals surface area contributed by atoms with Gasteiger partial charge in [-0.05, 0) is 42.5 Å². The maximum atomic E-state index is 13.8. The Hall–Kier alpha value is -2.47. The molecule has 2 aliphatic heterocycles. The van der Waals surface area contributed by atoms with Gasteiger partial charge in [0.05, 0.1) is 15.7 Å². The van der Waals surface area contributed by atoms with Crippen LogP contribution in [-0.2, 0) is 21.9 Å². The van der Waals surface area contributed by atoms with E-state index in [1.165, 1.54) is 5.56 Å². The molecule has 4 atom stereocenters. The van der Waals surface area contributed by atoms with E-state index in [0.717, 1.165) is 18.4 Å². The topological polar surface area (TPSA) is 63.4 Å². The monoisotopic (exact) mass is 432 g/mol. The van der Waals surface area contributed by atoms with Crippen molar-refractivity contribution in [2.75, 3.05) is 0 Å². The molecule has 2 bridgehead atoms. The predicted octanol–water partition coefficient (Wildman–Crippen LogP) is 4.12. The molecule has 2 fully saturated rings. The molecular weight excluding hydrogens is 404 g/mol. The van der Waals surface area contributed by atoms with Gasteiger partial charge >= 0.3 is 0 Å². The lowest BCUT2D eigenvalue weighted by Crippen LogP contribution is -2.59. The van der Waals surface area contributed by atoms with E-state index < -0.39 is 20.6 Å². The fourth-order valence-corrected chi connectivity index (χ4v) is 7.77. The molecule has 0 aliphatic carbocycles. The number of fused-ring (bicyclic) bond motifs is 2. The van der Waals surface area contributed by atoms with Gasteiger partial charge < -0.3 is 5.73 Å². The van der Waals surface area contributed by atoms with Crippen molar-refractivity contribution in [3.8, 4) is 0 Å². The summed E-state index contributed by atoms with van der Waals surface area (Å²) >= 11 is 0. The minimum atomic E-state index is -3.48. The smallest absolute Gasteiger partial charge is 0.182 e. The number of nitrogens with two attached hydrogens (primary N) is 1. The van der Waals surface area contributed by atoms with Crippen molar-refractivity contribution < 1.29 is 8.42 Å². The van der Waals surface area contributed by atoms with Gasteiger partial charge in [-0.1, -0.05) is 78.9 Å². The van der Waals surface area contributed by atoms with Crippen molar-refractivity contribution in [1.82, 2.24) is 4.90 Å². The molecule has 4 nitrogen and oxygen atoms in total. The molecule has 2 heterocycles. The first-order valence-electron chi connectivity index (χ1n) is 10.9. The summed E-state index contributed by atoms with van der Waals surface area (Å²) in [6.07, 6.45) is 2.14. The van der Waals surface area contributed by atoms with E-state index in [1.54, 1.807) is 24.3 Å². The largest absolute Gasteiger partial charge is 0.326 e. The van der Waals surface area contributed by atoms with Crippen LogP contribution in [0.1, 0.15) is 30.4 Å². The van der Waals surface area contributed by atoms with Gasteiger partial charge in [-0.2, -0.15) is 0 Å². The quantitative estimate of drug-likeness (QED) is 0.659. The average Bonchev–Trinajstić information content (AvgIpc) is 3.05. The highest BCUT2D eigenvalue weighted by Crippen LogP contribution is 2.53. The Balaban J connectivity index is 1.64. The lowest BCUT2D eigenvalue weighted by molar-refractivity contribution is 0.0249. The van der Waals surface area contributed by atoms with Crippen molar-refractivity contribution in [3.63, 3.8) is 0 Å². The van der Waals surface area contributed by atoms with Crippen molar-refractivity contribution in [1.29, 1.82) is 0 Å². The van der Waals surface area contributed by atoms with Gasteiger partial charge in [0, 0.05) is 18.6 Å². The fraction of sp³-hybridized carbons (Fsp3) is 0.308. The Labute approximate surface area is 184 Å². The molecule has 0 saturated carbocycles. The Morgan fingerprint density at radius 1 is 0.839 bits per heavy atom. The second-order valence-electron chi connectivity index (χ2n) is 8.76. The molecule has 3 aromatic rings. The molecule has 5 rings (SSSR count). The van der Waals surface area contributed by atoms with Crippen LogP contribution >= 0.6 is 0 Å². The molecule has 0 amide bonds. The van der Waals surface area contributed by atoms with Gasteiger partial charge in [-0.15, -0.1) is 0 Å². The summed E-state index contributed by atoms with van der Waals surface area (Å²) in [5.41, 5.74) is 8.64. The molecule has 2 N–H and O–H groups in total. The molecule has 0 unspecified atom stereocenters. The van der Waals surface area contributed by atoms with E-state index in [1.807, 2.05) is 42.5 Å². The van der Waals surface area contributed by atoms with Gasteiger partial charge in [0.15, 0.2) is 9.84 Å². The lowest BCUT2D eigenvalue weighted by atomic mass is 9.77. The van der Waals surface area contributed by atoms with E-state index >= 15 is 0 Å². The molecule has 3 aromatic carbocycles. The fourth-order valence-electron chi connectivity index (χ4n) is 5.72. The molecule has 0 spiro atoms. The highest BCUT2D eigenvalue weighted by molar-refractivity contribution is 7.92. The number of sulfone groups is 1. The predicted molar refractivity (Wildman–Crippen MR) is 123 cm³/mol. The molecule has 0 radical (unpaired) electrons. The van der Waals surface area contributed by atoms with Crippen molar-refractivity contribution in [2.45, 2.75) is 53.6 Å². The molecule has 0 aromatic heterocycles. The van der Waals surface area contributed by atoms with Crippen molar-refractivity contribution in [2.24, 2.45) is 5.73 Å². The Bertz CT molecular complexity index is 1140. The normalized spacial score (nSPS) is 28.5. The highest BCUT2D eigenvalue weighted by Gasteiger charge is 2.61. The maximum Gasteiger partial charge on any atom is 0.182 e. The summed E-state index contributed by atoms with van der Waals surface area (Å²) in [4.78, 5) is 2.81. The van der Waals surface area contributed by atoms with Crippen LogP contribution < -0.4 is 5.73 Å². The number of hydrogen-bond acceptors (Lipinski definition) is 4. The van der Waals surface area contributed by atoms with Crippen LogP contribution in [0, 0.1) is 0 Å². The zero-order valence-electron chi connectivity index (χ0n) is 17.5. The summed E-state index contributed by atoms with van der Waals surface area (Å²) in [5.74, 6) is 0. The van der Waals surface area contributed by atoms with Gasteiger partial charge in [-0.25, -0.2) is 8.42 Å². The number of hydrogen-bond donors (Lipinski definition) is 1. The Morgan fingerprint density at radius 3 is 2.06 bits per heavy atom. The number of rotatable bonds is 5. The first-order chi connectivity index (χ1) is 15.0. The standard InChI is InChI=1S/C26H28N2O2S/c27-25-17-16-23-24(31(29,30)22-14-8-3-9-15-22)18-26(25,21-12-6-2-7-13-21)28(23)19-20-10-4-1-5-11-20/h1-15,23-25H,16-19,27H2/t23-,24+,25+,26+/m0/s1. The van der Waals surface area contributed by atoms with Crippen LogP contribution in [0.3, 0.4) is 0 Å². The second kappa shape index (κ2) is 7.90. The first-order valence-corrected chi connectivity index (χ1v) is 12.5. The van der Waals surface area contributed by atoms with Crippen LogP contribution in [0.25, 0.3) is 0 Å². The van der Waals surface area contributed by atoms with Crippen LogP contribution in [-0.4, -0.2) is 30.7 Å². The molecular formula is C26H28N2O2S. The van der Waals surface area contributed by atoms with E-state index in [9.17, 15) is 8.42 Å². The lowest BCUT2D eigenvalue weighted by Gasteiger charge is -2.49. The summed E-state index contributed by atoms with van der Waals surface area (Å²) in [6, 6.07) is 29.3. The Kier molecular flexibility index (Phi) is 5.21. The average molecular weight is 433 g/mol. The summed E-state index contributed by atoms with van der Waals surface area (Å²) < 4.78 is 27.6. The molecule has 31 heavy (non-hydrogen) atoms. The number of piperidine rings is 1. The second-order valence-corrected chi connectivity index (χ2v) is 10.9. The third-order valence-corrected chi connectivity index (χ3v) is 9.39. The van der Waals surface area contributed by atoms with Crippen LogP contribution in [0.2, 0.25) is 0 Å². The van der Waals surface area contributed by atoms with Crippen LogP contribution in [0.5, 0.6) is 0 Å². The zero-order chi connectivity index (χ0) is 21.5. The van der Waals surface area contributed by atoms with Gasteiger partial charge in [0.1, 0.15) is 0 Å². The van der Waals surface area contributed by atoms with E-state index in [2.05, 4.69) is 29.2 Å². The number of benzene rings is 3. The third kappa shape index (κ3) is 3.32. The molecule has 160 valence electrons. The number of nitrogens with zero attached hydrogens (tertiary/aromatic N) is 1. The third-order valence-electron chi connectivity index (χ3n) is 7.18. The molecule has 2 aliphatic rings. The summed E-state index contributed by atoms with van der Waals surface area (Å²) in [5, 5.41) is -0.479. The minimum absolute atomic E-state index is 0.0644. The van der Waals surface area contributed by atoms with Crippen molar-refractivity contribution in [3.05, 3.63) is 102 Å². The van der Waals surface area contributed by atoms with Crippen molar-refractivity contribution >= 4 is 9.84 Å². The van der Waals surface area contributed by atoms with E-state index in [-0.39, 0.29) is 12.1 Å². The first kappa shape index (κ1) is 20.4. The molecule has 2 saturated heterocycles. The Morgan fingerprint density at radius 2 is 1.42 bits per heavy atom. The van der Waals surface area contributed by atoms with Crippen LogP contribution in [0.4, 0.5) is 0 Å². The summed E-state index contributed by atoms with van der Waals surface area (Å²) in [6.45, 7) is 0.689. The maximum absolute atomic E-state index is 13.8. The SMILES string of the molecule is N[C@@H]1CC[C@H]2[C@H](S(=O)(=O)c3ccccc3)C[C@]1(c1ccccc1)N2Cc1ccccc1. The molecule has 5 heteroatoms. The summed E-state index contributed by atoms with van der Waals surface area (Å²) in [7, 11) is -3.48. The van der Waals surface area contributed by atoms with Crippen LogP contribution in [0.15, 0.2) is 95.9 Å².